The summed E-state index contributed by atoms with van der Waals surface area (Å²) in [6.45, 7) is 0.700. The lowest BCUT2D eigenvalue weighted by molar-refractivity contribution is -0.153. The van der Waals surface area contributed by atoms with Crippen molar-refractivity contribution >= 4 is 11.9 Å². The quantitative estimate of drug-likeness (QED) is 0.529. The predicted octanol–water partition coefficient (Wildman–Crippen LogP) is -0.837. The van der Waals surface area contributed by atoms with Gasteiger partial charge in [0.05, 0.1) is 0 Å². The van der Waals surface area contributed by atoms with Gasteiger partial charge in [-0.2, -0.15) is 0 Å². The molecule has 1 aliphatic rings. The van der Waals surface area contributed by atoms with E-state index >= 15 is 0 Å². The summed E-state index contributed by atoms with van der Waals surface area (Å²) in [5, 5.41) is 27.4. The number of aliphatic hydroxyl groups excluding tert-OH is 3. The molecule has 3 N–H and O–H groups in total. The minimum Gasteiger partial charge on any atom is -0.505 e. The van der Waals surface area contributed by atoms with Gasteiger partial charge in [-0.3, -0.25) is 4.79 Å². The van der Waals surface area contributed by atoms with Crippen LogP contribution in [-0.4, -0.2) is 46.1 Å². The largest absolute Gasteiger partial charge is 0.505 e. The fourth-order valence-corrected chi connectivity index (χ4v) is 1.02. The Labute approximate surface area is 84.5 Å². The molecule has 2 atom stereocenters. The minimum atomic E-state index is -1.41. The maximum absolute atomic E-state index is 10.7. The molecule has 0 bridgehead atoms. The second kappa shape index (κ2) is 4.18. The number of carbonyl (C=O) groups is 2. The zero-order valence-electron chi connectivity index (χ0n) is 7.84. The lowest BCUT2D eigenvalue weighted by Gasteiger charge is -2.16. The summed E-state index contributed by atoms with van der Waals surface area (Å²) in [7, 11) is 0. The van der Waals surface area contributed by atoms with E-state index in [-0.39, 0.29) is 0 Å². The minimum absolute atomic E-state index is 0.440. The maximum atomic E-state index is 10.7. The molecule has 1 rings (SSSR count). The standard InChI is InChI=1S/C8H10O7/c1-3(9)14-2-4(10)7-5(11)6(12)8(13)15-7/h4,7,10-12H,2H2,1H3/t4-,7-/m0/s1. The Balaban J connectivity index is 2.59. The molecule has 84 valence electrons. The van der Waals surface area contributed by atoms with Crippen LogP contribution in [0.1, 0.15) is 6.92 Å². The lowest BCUT2D eigenvalue weighted by Crippen LogP contribution is -2.33. The Hall–Kier alpha value is -1.76. The van der Waals surface area contributed by atoms with Crippen LogP contribution in [0, 0.1) is 0 Å². The fourth-order valence-electron chi connectivity index (χ4n) is 1.02. The summed E-state index contributed by atoms with van der Waals surface area (Å²) in [4.78, 5) is 21.1. The second-order valence-electron chi connectivity index (χ2n) is 2.93. The average molecular weight is 218 g/mol. The van der Waals surface area contributed by atoms with Crippen molar-refractivity contribution in [2.24, 2.45) is 0 Å². The average Bonchev–Trinajstić information content (AvgIpc) is 2.42. The Morgan fingerprint density at radius 1 is 1.60 bits per heavy atom. The highest BCUT2D eigenvalue weighted by molar-refractivity contribution is 5.89. The number of ether oxygens (including phenoxy) is 2. The highest BCUT2D eigenvalue weighted by atomic mass is 16.6. The third-order valence-electron chi connectivity index (χ3n) is 1.75. The van der Waals surface area contributed by atoms with Crippen molar-refractivity contribution < 1.29 is 34.4 Å². The van der Waals surface area contributed by atoms with Gasteiger partial charge in [0.15, 0.2) is 11.9 Å². The molecular formula is C8H10O7. The van der Waals surface area contributed by atoms with Crippen LogP contribution < -0.4 is 0 Å². The van der Waals surface area contributed by atoms with Gasteiger partial charge in [-0.15, -0.1) is 0 Å². The van der Waals surface area contributed by atoms with E-state index in [2.05, 4.69) is 9.47 Å². The van der Waals surface area contributed by atoms with Crippen molar-refractivity contribution in [3.05, 3.63) is 11.5 Å². The van der Waals surface area contributed by atoms with Crippen LogP contribution in [-0.2, 0) is 19.1 Å². The molecule has 0 aromatic carbocycles. The molecule has 0 radical (unpaired) electrons. The first-order valence-electron chi connectivity index (χ1n) is 4.08. The Morgan fingerprint density at radius 2 is 2.20 bits per heavy atom. The van der Waals surface area contributed by atoms with E-state index < -0.39 is 42.3 Å². The normalized spacial score (nSPS) is 22.5. The lowest BCUT2D eigenvalue weighted by atomic mass is 10.2. The molecule has 0 fully saturated rings. The Kier molecular flexibility index (Phi) is 3.15. The summed E-state index contributed by atoms with van der Waals surface area (Å²) in [6.07, 6.45) is -2.81. The third-order valence-corrected chi connectivity index (χ3v) is 1.75. The first-order chi connectivity index (χ1) is 6.93. The molecule has 1 aliphatic heterocycles. The molecule has 0 saturated heterocycles. The smallest absolute Gasteiger partial charge is 0.377 e. The maximum Gasteiger partial charge on any atom is 0.377 e. The van der Waals surface area contributed by atoms with E-state index in [9.17, 15) is 14.7 Å². The van der Waals surface area contributed by atoms with E-state index in [1.54, 1.807) is 0 Å². The summed E-state index contributed by atoms with van der Waals surface area (Å²) in [6, 6.07) is 0. The molecule has 0 saturated carbocycles. The summed E-state index contributed by atoms with van der Waals surface area (Å²) >= 11 is 0. The van der Waals surface area contributed by atoms with Crippen LogP contribution in [0.2, 0.25) is 0 Å². The first-order valence-corrected chi connectivity index (χ1v) is 4.08. The van der Waals surface area contributed by atoms with Gasteiger partial charge in [-0.1, -0.05) is 0 Å². The van der Waals surface area contributed by atoms with E-state index in [1.165, 1.54) is 0 Å². The highest BCUT2D eigenvalue weighted by Gasteiger charge is 2.39. The zero-order chi connectivity index (χ0) is 11.6. The van der Waals surface area contributed by atoms with E-state index in [0.29, 0.717) is 0 Å². The Bertz CT molecular complexity index is 319. The molecule has 0 spiro atoms. The molecule has 7 heteroatoms. The SMILES string of the molecule is CC(=O)OC[C@H](O)[C@@H]1OC(=O)C(O)=C1O. The van der Waals surface area contributed by atoms with Gasteiger partial charge in [0.1, 0.15) is 12.7 Å². The van der Waals surface area contributed by atoms with Crippen molar-refractivity contribution in [3.63, 3.8) is 0 Å². The van der Waals surface area contributed by atoms with Crippen molar-refractivity contribution in [1.82, 2.24) is 0 Å². The molecule has 1 heterocycles. The molecule has 0 unspecified atom stereocenters. The third kappa shape index (κ3) is 2.38. The summed E-state index contributed by atoms with van der Waals surface area (Å²) in [5.74, 6) is -3.45. The van der Waals surface area contributed by atoms with Crippen molar-refractivity contribution in [1.29, 1.82) is 0 Å². The van der Waals surface area contributed by atoms with Crippen LogP contribution in [0.5, 0.6) is 0 Å². The molecule has 0 aromatic heterocycles. The second-order valence-corrected chi connectivity index (χ2v) is 2.93. The first kappa shape index (κ1) is 11.3. The van der Waals surface area contributed by atoms with Gasteiger partial charge in [0.2, 0.25) is 5.76 Å². The van der Waals surface area contributed by atoms with Gasteiger partial charge >= 0.3 is 11.9 Å². The predicted molar refractivity (Wildman–Crippen MR) is 44.8 cm³/mol. The van der Waals surface area contributed by atoms with Gasteiger partial charge in [-0.25, -0.2) is 4.79 Å². The molecule has 0 amide bonds. The number of hydrogen-bond acceptors (Lipinski definition) is 7. The number of hydrogen-bond donors (Lipinski definition) is 3. The molecule has 7 nitrogen and oxygen atoms in total. The van der Waals surface area contributed by atoms with Crippen molar-refractivity contribution in [3.8, 4) is 0 Å². The molecule has 0 aromatic rings. The fraction of sp³-hybridized carbons (Fsp3) is 0.500. The number of carbonyl (C=O) groups excluding carboxylic acids is 2. The van der Waals surface area contributed by atoms with E-state index in [4.69, 9.17) is 10.2 Å². The van der Waals surface area contributed by atoms with Gasteiger partial charge in [0, 0.05) is 6.92 Å². The van der Waals surface area contributed by atoms with Crippen molar-refractivity contribution in [2.45, 2.75) is 19.1 Å². The van der Waals surface area contributed by atoms with Crippen molar-refractivity contribution in [2.75, 3.05) is 6.61 Å². The number of esters is 2. The number of rotatable bonds is 3. The van der Waals surface area contributed by atoms with Crippen LogP contribution in [0.15, 0.2) is 11.5 Å². The zero-order valence-corrected chi connectivity index (χ0v) is 7.84. The van der Waals surface area contributed by atoms with E-state index in [0.717, 1.165) is 6.92 Å². The number of cyclic esters (lactones) is 1. The van der Waals surface area contributed by atoms with Crippen LogP contribution >= 0.6 is 0 Å². The topological polar surface area (TPSA) is 113 Å². The van der Waals surface area contributed by atoms with Gasteiger partial charge < -0.3 is 24.8 Å². The van der Waals surface area contributed by atoms with Gasteiger partial charge in [-0.05, 0) is 0 Å². The van der Waals surface area contributed by atoms with Gasteiger partial charge in [0.25, 0.3) is 0 Å². The van der Waals surface area contributed by atoms with Crippen LogP contribution in [0.4, 0.5) is 0 Å². The summed E-state index contributed by atoms with van der Waals surface area (Å²) in [5.41, 5.74) is 0. The molecular weight excluding hydrogens is 208 g/mol. The summed E-state index contributed by atoms with van der Waals surface area (Å²) < 4.78 is 8.86. The Morgan fingerprint density at radius 3 is 2.60 bits per heavy atom. The molecule has 0 aliphatic carbocycles. The highest BCUT2D eigenvalue weighted by Crippen LogP contribution is 2.21. The number of aliphatic hydroxyl groups is 3. The molecule has 15 heavy (non-hydrogen) atoms. The van der Waals surface area contributed by atoms with E-state index in [1.807, 2.05) is 0 Å². The van der Waals surface area contributed by atoms with Crippen LogP contribution in [0.25, 0.3) is 0 Å². The monoisotopic (exact) mass is 218 g/mol. The van der Waals surface area contributed by atoms with Crippen LogP contribution in [0.3, 0.4) is 0 Å².